The van der Waals surface area contributed by atoms with Gasteiger partial charge in [-0.2, -0.15) is 0 Å². The zero-order valence-corrected chi connectivity index (χ0v) is 16.8. The van der Waals surface area contributed by atoms with Gasteiger partial charge < -0.3 is 4.90 Å². The number of halogens is 5. The van der Waals surface area contributed by atoms with Gasteiger partial charge in [-0.1, -0.05) is 76.2 Å². The largest absolute Gasteiger partial charge is 0.371 e. The molecule has 0 saturated carbocycles. The van der Waals surface area contributed by atoms with E-state index in [-0.39, 0.29) is 15.1 Å². The number of anilines is 1. The molecule has 0 amide bonds. The van der Waals surface area contributed by atoms with Gasteiger partial charge in [0.2, 0.25) is 0 Å². The molecule has 23 heavy (non-hydrogen) atoms. The van der Waals surface area contributed by atoms with Gasteiger partial charge in [0, 0.05) is 29.4 Å². The van der Waals surface area contributed by atoms with Gasteiger partial charge in [0.25, 0.3) is 0 Å². The minimum Gasteiger partial charge on any atom is -0.371 e. The van der Waals surface area contributed by atoms with Crippen molar-refractivity contribution in [2.45, 2.75) is 11.8 Å². The van der Waals surface area contributed by atoms with Crippen LogP contribution in [0.4, 0.5) is 5.69 Å². The molecule has 0 atom stereocenters. The summed E-state index contributed by atoms with van der Waals surface area (Å²) >= 11 is 32.2. The van der Waals surface area contributed by atoms with Crippen LogP contribution in [0.15, 0.2) is 35.2 Å². The van der Waals surface area contributed by atoms with Gasteiger partial charge in [0.15, 0.2) is 0 Å². The van der Waals surface area contributed by atoms with E-state index in [0.717, 1.165) is 18.8 Å². The quantitative estimate of drug-likeness (QED) is 0.265. The molecule has 0 aromatic heterocycles. The van der Waals surface area contributed by atoms with Crippen LogP contribution in [0.2, 0.25) is 25.1 Å². The molecule has 2 aromatic carbocycles. The fourth-order valence-electron chi connectivity index (χ4n) is 2.08. The molecule has 0 N–H and O–H groups in total. The molecule has 2 aromatic rings. The highest BCUT2D eigenvalue weighted by molar-refractivity contribution is 7.99. The standard InChI is InChI=1S/C16H14Cl5NS/c1-2-22(10-6-4-3-5-7-10)8-9-23-16-14(20)12(18)11(17)13(19)15(16)21/h3-7H,2,8-9H2,1H3. The first-order valence-corrected chi connectivity index (χ1v) is 9.79. The predicted molar refractivity (Wildman–Crippen MR) is 107 cm³/mol. The van der Waals surface area contributed by atoms with Gasteiger partial charge in [-0.25, -0.2) is 0 Å². The van der Waals surface area contributed by atoms with E-state index in [2.05, 4.69) is 24.0 Å². The average Bonchev–Trinajstić information content (AvgIpc) is 2.58. The Morgan fingerprint density at radius 3 is 1.87 bits per heavy atom. The molecule has 0 aliphatic heterocycles. The van der Waals surface area contributed by atoms with E-state index in [4.69, 9.17) is 58.0 Å². The molecular weight excluding hydrogens is 416 g/mol. The predicted octanol–water partition coefficient (Wildman–Crippen LogP) is 7.57. The van der Waals surface area contributed by atoms with E-state index >= 15 is 0 Å². The summed E-state index contributed by atoms with van der Waals surface area (Å²) in [5.74, 6) is 0.788. The monoisotopic (exact) mass is 427 g/mol. The summed E-state index contributed by atoms with van der Waals surface area (Å²) < 4.78 is 0. The number of hydrogen-bond acceptors (Lipinski definition) is 2. The number of nitrogens with zero attached hydrogens (tertiary/aromatic N) is 1. The van der Waals surface area contributed by atoms with Crippen LogP contribution in [-0.2, 0) is 0 Å². The topological polar surface area (TPSA) is 3.24 Å². The Hall–Kier alpha value is 0.0400. The third-order valence-electron chi connectivity index (χ3n) is 3.28. The molecule has 2 rings (SSSR count). The van der Waals surface area contributed by atoms with Crippen molar-refractivity contribution in [2.75, 3.05) is 23.7 Å². The Bertz CT molecular complexity index is 649. The third-order valence-corrected chi connectivity index (χ3v) is 6.86. The smallest absolute Gasteiger partial charge is 0.0809 e. The van der Waals surface area contributed by atoms with E-state index in [9.17, 15) is 0 Å². The van der Waals surface area contributed by atoms with Crippen molar-refractivity contribution in [3.63, 3.8) is 0 Å². The van der Waals surface area contributed by atoms with Crippen molar-refractivity contribution in [1.82, 2.24) is 0 Å². The van der Waals surface area contributed by atoms with E-state index in [1.54, 1.807) is 0 Å². The summed E-state index contributed by atoms with van der Waals surface area (Å²) in [5, 5.41) is 1.35. The first-order valence-electron chi connectivity index (χ1n) is 6.91. The molecule has 0 saturated heterocycles. The molecule has 0 unspecified atom stereocenters. The molecule has 7 heteroatoms. The second-order valence-corrected chi connectivity index (χ2v) is 7.66. The molecule has 0 bridgehead atoms. The number of hydrogen-bond donors (Lipinski definition) is 0. The summed E-state index contributed by atoms with van der Waals surface area (Å²) in [6.45, 7) is 3.87. The molecular formula is C16H14Cl5NS. The molecule has 0 fully saturated rings. The lowest BCUT2D eigenvalue weighted by Gasteiger charge is -2.23. The summed E-state index contributed by atoms with van der Waals surface area (Å²) in [4.78, 5) is 2.94. The lowest BCUT2D eigenvalue weighted by molar-refractivity contribution is 0.872. The maximum atomic E-state index is 6.25. The van der Waals surface area contributed by atoms with Crippen LogP contribution in [0.25, 0.3) is 0 Å². The Balaban J connectivity index is 2.10. The first-order chi connectivity index (χ1) is 11.0. The zero-order valence-electron chi connectivity index (χ0n) is 12.3. The highest BCUT2D eigenvalue weighted by Crippen LogP contribution is 2.47. The molecule has 0 spiro atoms. The summed E-state index contributed by atoms with van der Waals surface area (Å²) in [5.41, 5.74) is 1.18. The molecule has 0 aliphatic rings. The van der Waals surface area contributed by atoms with Gasteiger partial charge in [0.05, 0.1) is 25.1 Å². The van der Waals surface area contributed by atoms with Gasteiger partial charge in [-0.15, -0.1) is 11.8 Å². The maximum absolute atomic E-state index is 6.25. The van der Waals surface area contributed by atoms with Crippen molar-refractivity contribution < 1.29 is 0 Å². The summed E-state index contributed by atoms with van der Waals surface area (Å²) in [6, 6.07) is 10.2. The lowest BCUT2D eigenvalue weighted by atomic mass is 10.3. The van der Waals surface area contributed by atoms with Crippen LogP contribution >= 0.6 is 69.8 Å². The number of thioether (sulfide) groups is 1. The Kier molecular flexibility index (Phi) is 7.53. The van der Waals surface area contributed by atoms with Gasteiger partial charge in [-0.05, 0) is 19.1 Å². The Morgan fingerprint density at radius 1 is 0.826 bits per heavy atom. The van der Waals surface area contributed by atoms with Crippen LogP contribution in [0.1, 0.15) is 6.92 Å². The van der Waals surface area contributed by atoms with Crippen molar-refractivity contribution in [3.8, 4) is 0 Å². The minimum atomic E-state index is 0.187. The maximum Gasteiger partial charge on any atom is 0.0809 e. The molecule has 124 valence electrons. The molecule has 0 radical (unpaired) electrons. The highest BCUT2D eigenvalue weighted by atomic mass is 35.5. The SMILES string of the molecule is CCN(CCSc1c(Cl)c(Cl)c(Cl)c(Cl)c1Cl)c1ccccc1. The fraction of sp³-hybridized carbons (Fsp3) is 0.250. The number of para-hydroxylation sites is 1. The van der Waals surface area contributed by atoms with Crippen molar-refractivity contribution in [2.24, 2.45) is 0 Å². The van der Waals surface area contributed by atoms with Crippen molar-refractivity contribution in [3.05, 3.63) is 55.4 Å². The van der Waals surface area contributed by atoms with Gasteiger partial charge >= 0.3 is 0 Å². The van der Waals surface area contributed by atoms with Gasteiger partial charge in [-0.3, -0.25) is 0 Å². The van der Waals surface area contributed by atoms with E-state index in [1.165, 1.54) is 17.4 Å². The normalized spacial score (nSPS) is 10.9. The molecule has 0 aliphatic carbocycles. The Morgan fingerprint density at radius 2 is 1.35 bits per heavy atom. The van der Waals surface area contributed by atoms with Crippen molar-refractivity contribution in [1.29, 1.82) is 0 Å². The second kappa shape index (κ2) is 8.94. The lowest BCUT2D eigenvalue weighted by Crippen LogP contribution is -2.25. The van der Waals surface area contributed by atoms with E-state index in [1.807, 2.05) is 18.2 Å². The molecule has 1 nitrogen and oxygen atoms in total. The third kappa shape index (κ3) is 4.56. The summed E-state index contributed by atoms with van der Waals surface area (Å²) in [6.07, 6.45) is 0. The minimum absolute atomic E-state index is 0.187. The van der Waals surface area contributed by atoms with Crippen LogP contribution < -0.4 is 4.90 Å². The van der Waals surface area contributed by atoms with Crippen LogP contribution in [0.5, 0.6) is 0 Å². The van der Waals surface area contributed by atoms with Crippen LogP contribution in [0, 0.1) is 0 Å². The molecule has 0 heterocycles. The number of rotatable bonds is 6. The first kappa shape index (κ1) is 19.4. The van der Waals surface area contributed by atoms with Crippen molar-refractivity contribution >= 4 is 75.5 Å². The van der Waals surface area contributed by atoms with E-state index < -0.39 is 0 Å². The van der Waals surface area contributed by atoms with Crippen LogP contribution in [-0.4, -0.2) is 18.8 Å². The Labute approximate surface area is 165 Å². The second-order valence-electron chi connectivity index (χ2n) is 4.66. The zero-order chi connectivity index (χ0) is 17.0. The average molecular weight is 430 g/mol. The highest BCUT2D eigenvalue weighted by Gasteiger charge is 2.19. The van der Waals surface area contributed by atoms with Crippen LogP contribution in [0.3, 0.4) is 0 Å². The number of benzene rings is 2. The van der Waals surface area contributed by atoms with Gasteiger partial charge in [0.1, 0.15) is 0 Å². The van der Waals surface area contributed by atoms with E-state index in [0.29, 0.717) is 14.9 Å². The summed E-state index contributed by atoms with van der Waals surface area (Å²) in [7, 11) is 0. The fourth-order valence-corrected chi connectivity index (χ4v) is 4.63.